The first-order valence-corrected chi connectivity index (χ1v) is 4.27. The Morgan fingerprint density at radius 2 is 2.50 bits per heavy atom. The van der Waals surface area contributed by atoms with Gasteiger partial charge < -0.3 is 10.5 Å². The van der Waals surface area contributed by atoms with E-state index >= 15 is 0 Å². The summed E-state index contributed by atoms with van der Waals surface area (Å²) in [5, 5.41) is 3.93. The highest BCUT2D eigenvalue weighted by molar-refractivity contribution is 5.90. The lowest BCUT2D eigenvalue weighted by Gasteiger charge is -2.01. The summed E-state index contributed by atoms with van der Waals surface area (Å²) in [4.78, 5) is 11.1. The molecular weight excluding hydrogens is 182 g/mol. The van der Waals surface area contributed by atoms with E-state index in [1.165, 1.54) is 6.08 Å². The Morgan fingerprint density at radius 3 is 3.00 bits per heavy atom. The zero-order chi connectivity index (χ0) is 10.6. The maximum Gasteiger partial charge on any atom is 0.332 e. The fourth-order valence-electron chi connectivity index (χ4n) is 1.04. The number of hydrogen-bond acceptors (Lipinski definition) is 4. The van der Waals surface area contributed by atoms with Crippen molar-refractivity contribution in [3.05, 3.63) is 24.0 Å². The van der Waals surface area contributed by atoms with E-state index in [1.807, 2.05) is 0 Å². The molecule has 0 radical (unpaired) electrons. The van der Waals surface area contributed by atoms with Crippen LogP contribution >= 0.6 is 0 Å². The lowest BCUT2D eigenvalue weighted by atomic mass is 10.3. The Morgan fingerprint density at radius 1 is 1.79 bits per heavy atom. The number of nitrogens with two attached hydrogens (primary N) is 1. The highest BCUT2D eigenvalue weighted by atomic mass is 16.5. The van der Waals surface area contributed by atoms with Crippen molar-refractivity contribution in [2.75, 3.05) is 6.61 Å². The summed E-state index contributed by atoms with van der Waals surface area (Å²) in [6.07, 6.45) is 2.86. The monoisotopic (exact) mass is 195 g/mol. The van der Waals surface area contributed by atoms with Gasteiger partial charge in [0.25, 0.3) is 0 Å². The molecule has 5 nitrogen and oxygen atoms in total. The molecule has 0 bridgehead atoms. The third kappa shape index (κ3) is 2.35. The van der Waals surface area contributed by atoms with Gasteiger partial charge in [-0.2, -0.15) is 5.10 Å². The Kier molecular flexibility index (Phi) is 3.28. The molecule has 0 unspecified atom stereocenters. The van der Waals surface area contributed by atoms with Crippen LogP contribution in [0.4, 0.5) is 0 Å². The second-order valence-electron chi connectivity index (χ2n) is 2.69. The molecular formula is C9H13N3O2. The zero-order valence-electron chi connectivity index (χ0n) is 8.23. The van der Waals surface area contributed by atoms with E-state index in [1.54, 1.807) is 30.9 Å². The maximum absolute atomic E-state index is 11.1. The standard InChI is InChI=1S/C9H13N3O2/c1-3-14-9(13)6-7(10)8-4-5-11-12(8)2/h4-6H,3,10H2,1-2H3/b7-6-. The van der Waals surface area contributed by atoms with Crippen molar-refractivity contribution in [3.8, 4) is 0 Å². The van der Waals surface area contributed by atoms with E-state index < -0.39 is 5.97 Å². The average molecular weight is 195 g/mol. The average Bonchev–Trinajstić information content (AvgIpc) is 2.51. The summed E-state index contributed by atoms with van der Waals surface area (Å²) < 4.78 is 6.31. The maximum atomic E-state index is 11.1. The predicted molar refractivity (Wildman–Crippen MR) is 52.0 cm³/mol. The molecule has 0 aliphatic heterocycles. The summed E-state index contributed by atoms with van der Waals surface area (Å²) >= 11 is 0. The summed E-state index contributed by atoms with van der Waals surface area (Å²) in [5.74, 6) is -0.439. The van der Waals surface area contributed by atoms with Gasteiger partial charge in [-0.25, -0.2) is 4.79 Å². The van der Waals surface area contributed by atoms with E-state index in [0.717, 1.165) is 0 Å². The fourth-order valence-corrected chi connectivity index (χ4v) is 1.04. The molecule has 0 aliphatic carbocycles. The normalized spacial score (nSPS) is 11.4. The summed E-state index contributed by atoms with van der Waals surface area (Å²) in [5.41, 5.74) is 6.71. The topological polar surface area (TPSA) is 70.1 Å². The number of nitrogens with zero attached hydrogens (tertiary/aromatic N) is 2. The fraction of sp³-hybridized carbons (Fsp3) is 0.333. The number of aryl methyl sites for hydroxylation is 1. The molecule has 0 aromatic carbocycles. The second-order valence-corrected chi connectivity index (χ2v) is 2.69. The molecule has 0 aliphatic rings. The molecule has 1 aromatic rings. The van der Waals surface area contributed by atoms with Gasteiger partial charge in [-0.3, -0.25) is 4.68 Å². The third-order valence-electron chi connectivity index (χ3n) is 1.68. The first kappa shape index (κ1) is 10.3. The Balaban J connectivity index is 2.79. The number of rotatable bonds is 3. The van der Waals surface area contributed by atoms with Crippen molar-refractivity contribution in [1.82, 2.24) is 9.78 Å². The smallest absolute Gasteiger partial charge is 0.332 e. The van der Waals surface area contributed by atoms with Crippen LogP contribution in [0.3, 0.4) is 0 Å². The van der Waals surface area contributed by atoms with Gasteiger partial charge in [0.15, 0.2) is 0 Å². The summed E-state index contributed by atoms with van der Waals surface area (Å²) in [7, 11) is 1.75. The molecule has 1 aromatic heterocycles. The number of ether oxygens (including phenoxy) is 1. The molecule has 0 saturated heterocycles. The SMILES string of the molecule is CCOC(=O)/C=C(\N)c1ccnn1C. The van der Waals surface area contributed by atoms with E-state index in [4.69, 9.17) is 10.5 Å². The predicted octanol–water partition coefficient (Wildman–Crippen LogP) is 0.283. The van der Waals surface area contributed by atoms with Gasteiger partial charge >= 0.3 is 5.97 Å². The van der Waals surface area contributed by atoms with Gasteiger partial charge in [0.2, 0.25) is 0 Å². The lowest BCUT2D eigenvalue weighted by Crippen LogP contribution is -2.08. The number of esters is 1. The van der Waals surface area contributed by atoms with Crippen molar-refractivity contribution < 1.29 is 9.53 Å². The quantitative estimate of drug-likeness (QED) is 0.555. The van der Waals surface area contributed by atoms with Gasteiger partial charge in [0.1, 0.15) is 0 Å². The Hall–Kier alpha value is -1.78. The molecule has 0 fully saturated rings. The van der Waals surface area contributed by atoms with Gasteiger partial charge in [-0.15, -0.1) is 0 Å². The lowest BCUT2D eigenvalue weighted by molar-refractivity contribution is -0.137. The number of hydrogen-bond donors (Lipinski definition) is 1. The molecule has 0 spiro atoms. The molecule has 76 valence electrons. The van der Waals surface area contributed by atoms with Crippen LogP contribution in [0.25, 0.3) is 5.70 Å². The van der Waals surface area contributed by atoms with Crippen LogP contribution in [0, 0.1) is 0 Å². The second kappa shape index (κ2) is 4.45. The van der Waals surface area contributed by atoms with Crippen LogP contribution in [-0.2, 0) is 16.6 Å². The van der Waals surface area contributed by atoms with Crippen LogP contribution in [0.5, 0.6) is 0 Å². The van der Waals surface area contributed by atoms with Crippen LogP contribution in [0.15, 0.2) is 18.3 Å². The number of aromatic nitrogens is 2. The van der Waals surface area contributed by atoms with E-state index in [2.05, 4.69) is 5.10 Å². The van der Waals surface area contributed by atoms with Crippen LogP contribution in [0.1, 0.15) is 12.6 Å². The van der Waals surface area contributed by atoms with Gasteiger partial charge in [0, 0.05) is 19.3 Å². The highest BCUT2D eigenvalue weighted by Crippen LogP contribution is 2.06. The van der Waals surface area contributed by atoms with Crippen LogP contribution in [0.2, 0.25) is 0 Å². The molecule has 0 saturated carbocycles. The van der Waals surface area contributed by atoms with Gasteiger partial charge in [-0.05, 0) is 13.0 Å². The molecule has 1 rings (SSSR count). The van der Waals surface area contributed by atoms with Gasteiger partial charge in [-0.1, -0.05) is 0 Å². The van der Waals surface area contributed by atoms with Crippen molar-refractivity contribution in [2.24, 2.45) is 12.8 Å². The minimum absolute atomic E-state index is 0.341. The Bertz CT molecular complexity index is 355. The van der Waals surface area contributed by atoms with Crippen molar-refractivity contribution in [1.29, 1.82) is 0 Å². The molecule has 14 heavy (non-hydrogen) atoms. The van der Waals surface area contributed by atoms with Crippen molar-refractivity contribution in [3.63, 3.8) is 0 Å². The van der Waals surface area contributed by atoms with E-state index in [9.17, 15) is 4.79 Å². The number of carbonyl (C=O) groups excluding carboxylic acids is 1. The van der Waals surface area contributed by atoms with Crippen molar-refractivity contribution >= 4 is 11.7 Å². The largest absolute Gasteiger partial charge is 0.463 e. The van der Waals surface area contributed by atoms with Crippen LogP contribution < -0.4 is 5.73 Å². The molecule has 1 heterocycles. The first-order valence-electron chi connectivity index (χ1n) is 4.27. The third-order valence-corrected chi connectivity index (χ3v) is 1.68. The van der Waals surface area contributed by atoms with Gasteiger partial charge in [0.05, 0.1) is 18.0 Å². The highest BCUT2D eigenvalue weighted by Gasteiger charge is 2.04. The molecule has 5 heteroatoms. The van der Waals surface area contributed by atoms with Crippen molar-refractivity contribution in [2.45, 2.75) is 6.92 Å². The zero-order valence-corrected chi connectivity index (χ0v) is 8.23. The Labute approximate surface area is 82.2 Å². The minimum atomic E-state index is -0.439. The van der Waals surface area contributed by atoms with Crippen LogP contribution in [-0.4, -0.2) is 22.4 Å². The minimum Gasteiger partial charge on any atom is -0.463 e. The summed E-state index contributed by atoms with van der Waals surface area (Å²) in [6.45, 7) is 2.08. The first-order chi connectivity index (χ1) is 6.65. The molecule has 0 atom stereocenters. The van der Waals surface area contributed by atoms with E-state index in [0.29, 0.717) is 18.0 Å². The molecule has 0 amide bonds. The van der Waals surface area contributed by atoms with E-state index in [-0.39, 0.29) is 0 Å². The summed E-state index contributed by atoms with van der Waals surface area (Å²) in [6, 6.07) is 1.73. The number of carbonyl (C=O) groups is 1. The molecule has 2 N–H and O–H groups in total.